The molecule has 2 aromatic rings. The molecule has 2 amide bonds. The van der Waals surface area contributed by atoms with Gasteiger partial charge in [0.2, 0.25) is 0 Å². The Morgan fingerprint density at radius 1 is 1.04 bits per heavy atom. The lowest BCUT2D eigenvalue weighted by Gasteiger charge is -2.21. The van der Waals surface area contributed by atoms with Crippen molar-refractivity contribution in [2.45, 2.75) is 26.7 Å². The van der Waals surface area contributed by atoms with Crippen LogP contribution in [0.15, 0.2) is 48.7 Å². The maximum absolute atomic E-state index is 12.9. The molecule has 2 rings (SSSR count). The second-order valence-electron chi connectivity index (χ2n) is 5.89. The maximum Gasteiger partial charge on any atom is 0.272 e. The molecule has 0 aliphatic carbocycles. The van der Waals surface area contributed by atoms with Gasteiger partial charge in [-0.3, -0.25) is 14.6 Å². The molecule has 0 bridgehead atoms. The molecule has 0 aliphatic heterocycles. The van der Waals surface area contributed by atoms with E-state index in [-0.39, 0.29) is 11.8 Å². The number of benzene rings is 1. The van der Waals surface area contributed by atoms with E-state index in [0.29, 0.717) is 24.3 Å². The molecule has 1 aromatic heterocycles. The number of para-hydroxylation sites is 1. The van der Waals surface area contributed by atoms with Crippen molar-refractivity contribution in [3.63, 3.8) is 0 Å². The fraction of sp³-hybridized carbons (Fsp3) is 0.350. The third-order valence-electron chi connectivity index (χ3n) is 4.05. The summed E-state index contributed by atoms with van der Waals surface area (Å²) in [6.07, 6.45) is 3.48. The molecule has 0 saturated carbocycles. The van der Waals surface area contributed by atoms with Crippen LogP contribution in [0.1, 0.15) is 47.5 Å². The summed E-state index contributed by atoms with van der Waals surface area (Å²) in [6.45, 7) is 5.24. The Balaban J connectivity index is 2.22. The molecule has 0 N–H and O–H groups in total. The van der Waals surface area contributed by atoms with Gasteiger partial charge in [-0.25, -0.2) is 0 Å². The number of amides is 2. The average molecular weight is 339 g/mol. The fourth-order valence-electron chi connectivity index (χ4n) is 2.58. The zero-order valence-corrected chi connectivity index (χ0v) is 15.1. The van der Waals surface area contributed by atoms with Gasteiger partial charge in [-0.05, 0) is 37.6 Å². The van der Waals surface area contributed by atoms with E-state index in [4.69, 9.17) is 0 Å². The highest BCUT2D eigenvalue weighted by Crippen LogP contribution is 2.17. The van der Waals surface area contributed by atoms with Crippen molar-refractivity contribution in [3.8, 4) is 0 Å². The zero-order valence-electron chi connectivity index (χ0n) is 15.1. The third-order valence-corrected chi connectivity index (χ3v) is 4.05. The van der Waals surface area contributed by atoms with Gasteiger partial charge in [0.1, 0.15) is 5.69 Å². The van der Waals surface area contributed by atoms with Crippen molar-refractivity contribution >= 4 is 17.5 Å². The van der Waals surface area contributed by atoms with Gasteiger partial charge >= 0.3 is 0 Å². The third kappa shape index (κ3) is 4.66. The molecule has 132 valence electrons. The Bertz CT molecular complexity index is 716. The summed E-state index contributed by atoms with van der Waals surface area (Å²) in [5.74, 6) is -0.299. The summed E-state index contributed by atoms with van der Waals surface area (Å²) in [6, 6.07) is 12.7. The highest BCUT2D eigenvalue weighted by molar-refractivity contribution is 6.07. The molecule has 5 nitrogen and oxygen atoms in total. The first-order valence-corrected chi connectivity index (χ1v) is 8.66. The van der Waals surface area contributed by atoms with Crippen LogP contribution in [0.3, 0.4) is 0 Å². The van der Waals surface area contributed by atoms with Gasteiger partial charge < -0.3 is 9.80 Å². The number of carbonyl (C=O) groups is 2. The molecule has 0 unspecified atom stereocenters. The average Bonchev–Trinajstić information content (AvgIpc) is 2.67. The fourth-order valence-corrected chi connectivity index (χ4v) is 2.58. The standard InChI is InChI=1S/C20H25N3O2/c1-4-6-14-22(3)20(25)18-15-16(12-13-21-18)19(24)23(5-2)17-10-8-7-9-11-17/h7-13,15H,4-6,14H2,1-3H3. The number of hydrogen-bond acceptors (Lipinski definition) is 3. The van der Waals surface area contributed by atoms with Crippen molar-refractivity contribution in [3.05, 3.63) is 59.9 Å². The summed E-state index contributed by atoms with van der Waals surface area (Å²) >= 11 is 0. The Hall–Kier alpha value is -2.69. The molecule has 5 heteroatoms. The molecule has 0 saturated heterocycles. The molecular weight excluding hydrogens is 314 g/mol. The lowest BCUT2D eigenvalue weighted by Crippen LogP contribution is -2.32. The van der Waals surface area contributed by atoms with Crippen LogP contribution in [0.4, 0.5) is 5.69 Å². The van der Waals surface area contributed by atoms with Crippen LogP contribution < -0.4 is 4.90 Å². The van der Waals surface area contributed by atoms with Crippen molar-refractivity contribution in [1.29, 1.82) is 0 Å². The quantitative estimate of drug-likeness (QED) is 0.774. The van der Waals surface area contributed by atoms with E-state index in [1.54, 1.807) is 29.0 Å². The predicted octanol–water partition coefficient (Wildman–Crippen LogP) is 3.62. The molecule has 1 heterocycles. The minimum absolute atomic E-state index is 0.138. The number of pyridine rings is 1. The SMILES string of the molecule is CCCCN(C)C(=O)c1cc(C(=O)N(CC)c2ccccc2)ccn1. The number of aromatic nitrogens is 1. The number of unbranched alkanes of at least 4 members (excludes halogenated alkanes) is 1. The van der Waals surface area contributed by atoms with Gasteiger partial charge in [0.05, 0.1) is 0 Å². The van der Waals surface area contributed by atoms with Gasteiger partial charge in [0.25, 0.3) is 11.8 Å². The summed E-state index contributed by atoms with van der Waals surface area (Å²) in [5, 5.41) is 0. The molecule has 1 aromatic carbocycles. The molecule has 25 heavy (non-hydrogen) atoms. The first kappa shape index (κ1) is 18.6. The lowest BCUT2D eigenvalue weighted by molar-refractivity contribution is 0.0787. The summed E-state index contributed by atoms with van der Waals surface area (Å²) in [7, 11) is 1.76. The predicted molar refractivity (Wildman–Crippen MR) is 99.9 cm³/mol. The normalized spacial score (nSPS) is 10.4. The van der Waals surface area contributed by atoms with Gasteiger partial charge in [-0.15, -0.1) is 0 Å². The Morgan fingerprint density at radius 2 is 1.76 bits per heavy atom. The van der Waals surface area contributed by atoms with Crippen LogP contribution in [0, 0.1) is 0 Å². The zero-order chi connectivity index (χ0) is 18.2. The highest BCUT2D eigenvalue weighted by Gasteiger charge is 2.19. The van der Waals surface area contributed by atoms with E-state index in [1.807, 2.05) is 37.3 Å². The number of hydrogen-bond donors (Lipinski definition) is 0. The molecular formula is C20H25N3O2. The maximum atomic E-state index is 12.9. The van der Waals surface area contributed by atoms with E-state index in [0.717, 1.165) is 18.5 Å². The van der Waals surface area contributed by atoms with Gasteiger partial charge in [-0.1, -0.05) is 31.5 Å². The van der Waals surface area contributed by atoms with Crippen molar-refractivity contribution < 1.29 is 9.59 Å². The Kier molecular flexibility index (Phi) is 6.69. The van der Waals surface area contributed by atoms with Crippen LogP contribution in [-0.4, -0.2) is 41.8 Å². The van der Waals surface area contributed by atoms with Crippen molar-refractivity contribution in [2.24, 2.45) is 0 Å². The van der Waals surface area contributed by atoms with E-state index < -0.39 is 0 Å². The van der Waals surface area contributed by atoms with Crippen LogP contribution >= 0.6 is 0 Å². The molecule has 0 radical (unpaired) electrons. The van der Waals surface area contributed by atoms with E-state index in [1.165, 1.54) is 6.20 Å². The monoisotopic (exact) mass is 339 g/mol. The van der Waals surface area contributed by atoms with Crippen LogP contribution in [-0.2, 0) is 0 Å². The van der Waals surface area contributed by atoms with Gasteiger partial charge in [-0.2, -0.15) is 0 Å². The van der Waals surface area contributed by atoms with Crippen molar-refractivity contribution in [2.75, 3.05) is 25.0 Å². The number of anilines is 1. The highest BCUT2D eigenvalue weighted by atomic mass is 16.2. The van der Waals surface area contributed by atoms with Gasteiger partial charge in [0.15, 0.2) is 0 Å². The topological polar surface area (TPSA) is 53.5 Å². The lowest BCUT2D eigenvalue weighted by atomic mass is 10.1. The Morgan fingerprint density at radius 3 is 2.40 bits per heavy atom. The summed E-state index contributed by atoms with van der Waals surface area (Å²) in [4.78, 5) is 32.8. The first-order valence-electron chi connectivity index (χ1n) is 8.66. The minimum atomic E-state index is -0.161. The van der Waals surface area contributed by atoms with Crippen LogP contribution in [0.5, 0.6) is 0 Å². The van der Waals surface area contributed by atoms with E-state index >= 15 is 0 Å². The molecule has 0 aliphatic rings. The number of rotatable bonds is 7. The van der Waals surface area contributed by atoms with Crippen LogP contribution in [0.2, 0.25) is 0 Å². The van der Waals surface area contributed by atoms with Crippen LogP contribution in [0.25, 0.3) is 0 Å². The largest absolute Gasteiger partial charge is 0.340 e. The minimum Gasteiger partial charge on any atom is -0.340 e. The molecule has 0 atom stereocenters. The van der Waals surface area contributed by atoms with Crippen molar-refractivity contribution in [1.82, 2.24) is 9.88 Å². The first-order chi connectivity index (χ1) is 12.1. The number of carbonyl (C=O) groups excluding carboxylic acids is 2. The van der Waals surface area contributed by atoms with E-state index in [9.17, 15) is 9.59 Å². The second-order valence-corrected chi connectivity index (χ2v) is 5.89. The molecule has 0 fully saturated rings. The number of nitrogens with zero attached hydrogens (tertiary/aromatic N) is 3. The van der Waals surface area contributed by atoms with E-state index in [2.05, 4.69) is 11.9 Å². The Labute approximate surface area is 149 Å². The van der Waals surface area contributed by atoms with Gasteiger partial charge in [0, 0.05) is 37.6 Å². The second kappa shape index (κ2) is 8.97. The smallest absolute Gasteiger partial charge is 0.272 e. The molecule has 0 spiro atoms. The summed E-state index contributed by atoms with van der Waals surface area (Å²) < 4.78 is 0. The summed E-state index contributed by atoms with van der Waals surface area (Å²) in [5.41, 5.74) is 1.60.